The van der Waals surface area contributed by atoms with Crippen LogP contribution in [0.1, 0.15) is 37.7 Å². The van der Waals surface area contributed by atoms with E-state index in [0.29, 0.717) is 29.7 Å². The molecule has 2 heterocycles. The zero-order valence-corrected chi connectivity index (χ0v) is 22.9. The molecule has 1 aliphatic carbocycles. The van der Waals surface area contributed by atoms with Crippen LogP contribution in [0.25, 0.3) is 5.70 Å². The Labute approximate surface area is 235 Å². The number of nitrogens with two attached hydrogens (primary N) is 1. The van der Waals surface area contributed by atoms with Crippen LogP contribution in [0.2, 0.25) is 0 Å². The lowest BCUT2D eigenvalue weighted by molar-refractivity contribution is -0.138. The van der Waals surface area contributed by atoms with Crippen LogP contribution in [0.15, 0.2) is 72.0 Å². The number of allylic oxidation sites excluding steroid dienone is 1. The van der Waals surface area contributed by atoms with E-state index in [0.717, 1.165) is 68.8 Å². The molecule has 2 aromatic rings. The molecule has 1 atom stereocenters. The minimum Gasteiger partial charge on any atom is -0.398 e. The molecule has 210 valence electrons. The van der Waals surface area contributed by atoms with Crippen molar-refractivity contribution in [2.24, 2.45) is 16.6 Å². The maximum absolute atomic E-state index is 12.5. The molecule has 5 rings (SSSR count). The lowest BCUT2D eigenvalue weighted by Crippen LogP contribution is -2.51. The van der Waals surface area contributed by atoms with Crippen molar-refractivity contribution in [1.82, 2.24) is 4.90 Å². The van der Waals surface area contributed by atoms with Crippen LogP contribution in [0, 0.1) is 5.92 Å². The van der Waals surface area contributed by atoms with Gasteiger partial charge in [-0.25, -0.2) is 4.99 Å². The number of rotatable bonds is 9. The summed E-state index contributed by atoms with van der Waals surface area (Å²) in [6, 6.07) is 15.5. The first-order valence-electron chi connectivity index (χ1n) is 14.1. The Morgan fingerprint density at radius 3 is 2.23 bits per heavy atom. The first kappa shape index (κ1) is 27.5. The van der Waals surface area contributed by atoms with E-state index in [1.165, 1.54) is 6.42 Å². The summed E-state index contributed by atoms with van der Waals surface area (Å²) in [5.41, 5.74) is 10.3. The van der Waals surface area contributed by atoms with Crippen LogP contribution in [0.3, 0.4) is 0 Å². The summed E-state index contributed by atoms with van der Waals surface area (Å²) in [6.07, 6.45) is 7.92. The Morgan fingerprint density at radius 1 is 0.925 bits per heavy atom. The average Bonchev–Trinajstić information content (AvgIpc) is 3.48. The Bertz CT molecular complexity index is 1250. The second-order valence-electron chi connectivity index (χ2n) is 10.5. The molecule has 9 nitrogen and oxygen atoms in total. The fourth-order valence-corrected chi connectivity index (χ4v) is 5.11. The second-order valence-corrected chi connectivity index (χ2v) is 10.5. The quantitative estimate of drug-likeness (QED) is 0.410. The van der Waals surface area contributed by atoms with Crippen LogP contribution >= 0.6 is 0 Å². The number of benzene rings is 2. The summed E-state index contributed by atoms with van der Waals surface area (Å²) >= 11 is 0. The van der Waals surface area contributed by atoms with E-state index in [2.05, 4.69) is 39.2 Å². The molecule has 2 aromatic carbocycles. The number of piperazine rings is 1. The predicted octanol–water partition coefficient (Wildman–Crippen LogP) is 4.21. The van der Waals surface area contributed by atoms with E-state index >= 15 is 0 Å². The topological polar surface area (TPSA) is 112 Å². The molecule has 1 saturated carbocycles. The molecule has 0 spiro atoms. The van der Waals surface area contributed by atoms with Gasteiger partial charge in [0.25, 0.3) is 5.91 Å². The van der Waals surface area contributed by atoms with Crippen molar-refractivity contribution < 1.29 is 14.3 Å². The standard InChI is InChI=1S/C31H38N6O3/c1-22(33-16-15-28(32)23-7-9-26(10-8-23)35-30(38)29-6-3-21-40-29)34-25-11-13-27(14-12-25)36-17-19-37(20-18-36)31(39)24-4-2-5-24/h7-16,24,29,34H,1-6,17-21,32H2,(H,35,38)/b28-15-,33-16?. The third-order valence-electron chi connectivity index (χ3n) is 7.76. The van der Waals surface area contributed by atoms with E-state index in [4.69, 9.17) is 10.5 Å². The van der Waals surface area contributed by atoms with Gasteiger partial charge in [0.05, 0.1) is 0 Å². The number of anilines is 3. The van der Waals surface area contributed by atoms with Crippen molar-refractivity contribution in [2.45, 2.75) is 38.2 Å². The van der Waals surface area contributed by atoms with E-state index < -0.39 is 0 Å². The summed E-state index contributed by atoms with van der Waals surface area (Å²) in [4.78, 5) is 33.4. The zero-order chi connectivity index (χ0) is 27.9. The number of amides is 2. The van der Waals surface area contributed by atoms with Crippen molar-refractivity contribution in [3.63, 3.8) is 0 Å². The first-order chi connectivity index (χ1) is 19.5. The molecular formula is C31H38N6O3. The van der Waals surface area contributed by atoms with E-state index in [1.54, 1.807) is 12.3 Å². The van der Waals surface area contributed by atoms with Gasteiger partial charge in [-0.05, 0) is 73.7 Å². The largest absolute Gasteiger partial charge is 0.398 e. The highest BCUT2D eigenvalue weighted by atomic mass is 16.5. The predicted molar refractivity (Wildman–Crippen MR) is 160 cm³/mol. The van der Waals surface area contributed by atoms with Crippen molar-refractivity contribution in [1.29, 1.82) is 0 Å². The van der Waals surface area contributed by atoms with Gasteiger partial charge in [-0.3, -0.25) is 9.59 Å². The second kappa shape index (κ2) is 12.8. The van der Waals surface area contributed by atoms with Crippen molar-refractivity contribution >= 4 is 40.8 Å². The van der Waals surface area contributed by atoms with E-state index in [9.17, 15) is 9.59 Å². The molecule has 0 aromatic heterocycles. The molecule has 2 aliphatic heterocycles. The zero-order valence-electron chi connectivity index (χ0n) is 22.9. The number of carbonyl (C=O) groups is 2. The molecule has 4 N–H and O–H groups in total. The monoisotopic (exact) mass is 542 g/mol. The third-order valence-corrected chi connectivity index (χ3v) is 7.76. The Hall–Kier alpha value is -4.11. The van der Waals surface area contributed by atoms with Gasteiger partial charge in [0.2, 0.25) is 5.91 Å². The summed E-state index contributed by atoms with van der Waals surface area (Å²) in [7, 11) is 0. The van der Waals surface area contributed by atoms with E-state index in [1.807, 2.05) is 41.3 Å². The molecule has 3 aliphatic rings. The molecule has 40 heavy (non-hydrogen) atoms. The van der Waals surface area contributed by atoms with Crippen LogP contribution in [-0.4, -0.2) is 61.8 Å². The number of hydrogen-bond donors (Lipinski definition) is 3. The molecule has 0 bridgehead atoms. The highest BCUT2D eigenvalue weighted by Gasteiger charge is 2.31. The minimum absolute atomic E-state index is 0.114. The van der Waals surface area contributed by atoms with Gasteiger partial charge in [-0.15, -0.1) is 0 Å². The molecular weight excluding hydrogens is 504 g/mol. The summed E-state index contributed by atoms with van der Waals surface area (Å²) < 4.78 is 5.42. The fourth-order valence-electron chi connectivity index (χ4n) is 5.11. The number of hydrogen-bond acceptors (Lipinski definition) is 7. The minimum atomic E-state index is -0.365. The lowest BCUT2D eigenvalue weighted by Gasteiger charge is -2.39. The number of aliphatic imine (C=N–C) groups is 1. The molecule has 2 saturated heterocycles. The van der Waals surface area contributed by atoms with Crippen molar-refractivity contribution in [3.05, 3.63) is 72.6 Å². The maximum Gasteiger partial charge on any atom is 0.253 e. The Balaban J connectivity index is 1.06. The van der Waals surface area contributed by atoms with Crippen LogP contribution in [-0.2, 0) is 14.3 Å². The highest BCUT2D eigenvalue weighted by Crippen LogP contribution is 2.29. The van der Waals surface area contributed by atoms with Gasteiger partial charge >= 0.3 is 0 Å². The Morgan fingerprint density at radius 2 is 1.60 bits per heavy atom. The van der Waals surface area contributed by atoms with Crippen molar-refractivity contribution in [3.8, 4) is 0 Å². The smallest absolute Gasteiger partial charge is 0.253 e. The summed E-state index contributed by atoms with van der Waals surface area (Å²) in [5.74, 6) is 0.988. The number of carbonyl (C=O) groups excluding carboxylic acids is 2. The number of nitrogens with one attached hydrogen (secondary N) is 2. The van der Waals surface area contributed by atoms with Gasteiger partial charge in [0.1, 0.15) is 11.9 Å². The average molecular weight is 543 g/mol. The summed E-state index contributed by atoms with van der Waals surface area (Å²) in [6.45, 7) is 7.88. The number of nitrogens with zero attached hydrogens (tertiary/aromatic N) is 3. The highest BCUT2D eigenvalue weighted by molar-refractivity contribution is 5.94. The van der Waals surface area contributed by atoms with Crippen LogP contribution in [0.4, 0.5) is 17.1 Å². The Kier molecular flexibility index (Phi) is 8.81. The number of ether oxygens (including phenoxy) is 1. The molecule has 9 heteroatoms. The van der Waals surface area contributed by atoms with Crippen molar-refractivity contribution in [2.75, 3.05) is 48.3 Å². The van der Waals surface area contributed by atoms with Gasteiger partial charge in [-0.1, -0.05) is 25.1 Å². The molecule has 2 amide bonds. The van der Waals surface area contributed by atoms with E-state index in [-0.39, 0.29) is 17.9 Å². The maximum atomic E-state index is 12.5. The van der Waals surface area contributed by atoms with Gasteiger partial charge in [-0.2, -0.15) is 0 Å². The third kappa shape index (κ3) is 6.90. The molecule has 3 fully saturated rings. The molecule has 0 radical (unpaired) electrons. The van der Waals surface area contributed by atoms with Crippen LogP contribution < -0.4 is 21.3 Å². The van der Waals surface area contributed by atoms with Crippen LogP contribution in [0.5, 0.6) is 0 Å². The molecule has 1 unspecified atom stereocenters. The van der Waals surface area contributed by atoms with Gasteiger partial charge in [0.15, 0.2) is 0 Å². The lowest BCUT2D eigenvalue weighted by atomic mass is 9.84. The first-order valence-corrected chi connectivity index (χ1v) is 14.1. The van der Waals surface area contributed by atoms with Gasteiger partial charge in [0, 0.05) is 67.7 Å². The summed E-state index contributed by atoms with van der Waals surface area (Å²) in [5, 5.41) is 6.08. The SMILES string of the molecule is C=C(N=C/C=C(\N)c1ccc(NC(=O)C2CCCO2)cc1)Nc1ccc(N2CCN(C(=O)C3CCC3)CC2)cc1. The van der Waals surface area contributed by atoms with Gasteiger partial charge < -0.3 is 30.9 Å². The normalized spacial score (nSPS) is 19.9. The fraction of sp³-hybridized carbons (Fsp3) is 0.387.